The van der Waals surface area contributed by atoms with Crippen molar-refractivity contribution in [3.63, 3.8) is 0 Å². The Labute approximate surface area is 151 Å². The Balaban J connectivity index is 1.45. The highest BCUT2D eigenvalue weighted by molar-refractivity contribution is 5.46. The molecule has 6 nitrogen and oxygen atoms in total. The van der Waals surface area contributed by atoms with Crippen LogP contribution < -0.4 is 9.64 Å². The van der Waals surface area contributed by atoms with Gasteiger partial charge in [-0.15, -0.1) is 15.3 Å². The lowest BCUT2D eigenvalue weighted by Gasteiger charge is -2.32. The number of piperidine rings is 1. The van der Waals surface area contributed by atoms with E-state index in [-0.39, 0.29) is 17.6 Å². The van der Waals surface area contributed by atoms with Crippen LogP contribution in [0.15, 0.2) is 36.4 Å². The van der Waals surface area contributed by atoms with Gasteiger partial charge in [0, 0.05) is 25.9 Å². The maximum Gasteiger partial charge on any atom is 0.453 e. The van der Waals surface area contributed by atoms with Crippen LogP contribution in [0, 0.1) is 5.82 Å². The summed E-state index contributed by atoms with van der Waals surface area (Å²) in [5.41, 5.74) is 0.0422. The maximum atomic E-state index is 13.0. The van der Waals surface area contributed by atoms with E-state index >= 15 is 0 Å². The molecular formula is C17H15F4N5O. The number of aromatic nitrogens is 4. The average Bonchev–Trinajstić information content (AvgIpc) is 3.08. The van der Waals surface area contributed by atoms with E-state index in [1.165, 1.54) is 18.2 Å². The Hall–Kier alpha value is -2.91. The summed E-state index contributed by atoms with van der Waals surface area (Å²) in [6.07, 6.45) is -3.33. The number of halogens is 4. The quantitative estimate of drug-likeness (QED) is 0.652. The van der Waals surface area contributed by atoms with E-state index in [0.29, 0.717) is 37.5 Å². The van der Waals surface area contributed by atoms with Gasteiger partial charge >= 0.3 is 6.18 Å². The first-order valence-corrected chi connectivity index (χ1v) is 8.37. The number of benzene rings is 1. The van der Waals surface area contributed by atoms with Crippen LogP contribution in [0.3, 0.4) is 0 Å². The van der Waals surface area contributed by atoms with Crippen LogP contribution in [0.2, 0.25) is 0 Å². The minimum Gasteiger partial charge on any atom is -0.490 e. The molecule has 0 saturated carbocycles. The van der Waals surface area contributed by atoms with E-state index in [2.05, 4.69) is 15.3 Å². The number of hydrogen-bond donors (Lipinski definition) is 0. The van der Waals surface area contributed by atoms with Crippen molar-refractivity contribution in [2.24, 2.45) is 0 Å². The van der Waals surface area contributed by atoms with Crippen LogP contribution in [0.1, 0.15) is 18.7 Å². The number of nitrogens with zero attached hydrogens (tertiary/aromatic N) is 5. The number of ether oxygens (including phenoxy) is 1. The molecule has 142 valence electrons. The molecule has 0 N–H and O–H groups in total. The second kappa shape index (κ2) is 6.67. The molecule has 1 saturated heterocycles. The molecule has 0 bridgehead atoms. The predicted molar refractivity (Wildman–Crippen MR) is 88.0 cm³/mol. The van der Waals surface area contributed by atoms with E-state index < -0.39 is 12.0 Å². The zero-order chi connectivity index (χ0) is 19.0. The van der Waals surface area contributed by atoms with E-state index in [1.807, 2.05) is 4.90 Å². The summed E-state index contributed by atoms with van der Waals surface area (Å²) in [6, 6.07) is 8.91. The van der Waals surface area contributed by atoms with Gasteiger partial charge in [-0.3, -0.25) is 0 Å². The number of rotatable bonds is 3. The number of anilines is 1. The number of fused-ring (bicyclic) bond motifs is 1. The molecule has 0 radical (unpaired) electrons. The maximum absolute atomic E-state index is 13.0. The minimum atomic E-state index is -4.62. The Morgan fingerprint density at radius 1 is 0.963 bits per heavy atom. The van der Waals surface area contributed by atoms with Crippen molar-refractivity contribution in [1.82, 2.24) is 19.8 Å². The van der Waals surface area contributed by atoms with Gasteiger partial charge in [0.1, 0.15) is 23.5 Å². The first kappa shape index (κ1) is 17.5. The first-order chi connectivity index (χ1) is 12.9. The fourth-order valence-corrected chi connectivity index (χ4v) is 3.03. The van der Waals surface area contributed by atoms with Gasteiger partial charge in [0.15, 0.2) is 5.65 Å². The Morgan fingerprint density at radius 2 is 1.67 bits per heavy atom. The zero-order valence-electron chi connectivity index (χ0n) is 14.0. The van der Waals surface area contributed by atoms with Crippen LogP contribution in [0.5, 0.6) is 5.75 Å². The SMILES string of the molecule is Fc1ccc(OC2CCN(c3ccc4nnc(C(F)(F)F)n4n3)CC2)cc1. The van der Waals surface area contributed by atoms with Crippen molar-refractivity contribution in [2.45, 2.75) is 25.1 Å². The molecule has 1 aromatic carbocycles. The number of alkyl halides is 3. The lowest BCUT2D eigenvalue weighted by molar-refractivity contribution is -0.146. The molecule has 0 spiro atoms. The van der Waals surface area contributed by atoms with Crippen LogP contribution in [0.25, 0.3) is 5.65 Å². The third-order valence-corrected chi connectivity index (χ3v) is 4.38. The molecule has 0 amide bonds. The highest BCUT2D eigenvalue weighted by Gasteiger charge is 2.38. The zero-order valence-corrected chi connectivity index (χ0v) is 14.0. The summed E-state index contributed by atoms with van der Waals surface area (Å²) in [6.45, 7) is 1.15. The third-order valence-electron chi connectivity index (χ3n) is 4.38. The Kier molecular flexibility index (Phi) is 4.33. The molecule has 27 heavy (non-hydrogen) atoms. The van der Waals surface area contributed by atoms with Crippen molar-refractivity contribution >= 4 is 11.5 Å². The van der Waals surface area contributed by atoms with Gasteiger partial charge in [-0.05, 0) is 36.4 Å². The molecule has 3 aromatic rings. The molecule has 0 aliphatic carbocycles. The van der Waals surface area contributed by atoms with Crippen LogP contribution in [-0.2, 0) is 6.18 Å². The van der Waals surface area contributed by atoms with E-state index in [0.717, 1.165) is 4.52 Å². The summed E-state index contributed by atoms with van der Waals surface area (Å²) in [5.74, 6) is -0.457. The van der Waals surface area contributed by atoms with Crippen LogP contribution >= 0.6 is 0 Å². The summed E-state index contributed by atoms with van der Waals surface area (Å²) in [7, 11) is 0. The molecule has 3 heterocycles. The molecule has 1 aliphatic rings. The molecule has 1 fully saturated rings. The normalized spacial score (nSPS) is 16.1. The van der Waals surface area contributed by atoms with E-state index in [9.17, 15) is 17.6 Å². The van der Waals surface area contributed by atoms with Gasteiger partial charge in [-0.25, -0.2) is 4.39 Å². The highest BCUT2D eigenvalue weighted by atomic mass is 19.4. The summed E-state index contributed by atoms with van der Waals surface area (Å²) >= 11 is 0. The fourth-order valence-electron chi connectivity index (χ4n) is 3.03. The summed E-state index contributed by atoms with van der Waals surface area (Å²) < 4.78 is 58.5. The Bertz CT molecular complexity index is 933. The van der Waals surface area contributed by atoms with Gasteiger partial charge in [0.05, 0.1) is 0 Å². The highest BCUT2D eigenvalue weighted by Crippen LogP contribution is 2.28. The van der Waals surface area contributed by atoms with Gasteiger partial charge in [-0.2, -0.15) is 17.7 Å². The lowest BCUT2D eigenvalue weighted by atomic mass is 10.1. The van der Waals surface area contributed by atoms with E-state index in [4.69, 9.17) is 4.74 Å². The van der Waals surface area contributed by atoms with Crippen LogP contribution in [0.4, 0.5) is 23.4 Å². The predicted octanol–water partition coefficient (Wildman–Crippen LogP) is 3.33. The summed E-state index contributed by atoms with van der Waals surface area (Å²) in [4.78, 5) is 1.89. The van der Waals surface area contributed by atoms with Gasteiger partial charge < -0.3 is 9.64 Å². The van der Waals surface area contributed by atoms with Crippen molar-refractivity contribution in [3.8, 4) is 5.75 Å². The third kappa shape index (κ3) is 3.64. The molecule has 1 aliphatic heterocycles. The minimum absolute atomic E-state index is 0.0422. The average molecular weight is 381 g/mol. The second-order valence-electron chi connectivity index (χ2n) is 6.24. The van der Waals surface area contributed by atoms with Gasteiger partial charge in [0.2, 0.25) is 0 Å². The van der Waals surface area contributed by atoms with Crippen molar-refractivity contribution in [1.29, 1.82) is 0 Å². The molecule has 0 unspecified atom stereocenters. The molecular weight excluding hydrogens is 366 g/mol. The molecule has 10 heteroatoms. The van der Waals surface area contributed by atoms with Crippen molar-refractivity contribution in [3.05, 3.63) is 48.0 Å². The summed E-state index contributed by atoms with van der Waals surface area (Å²) in [5, 5.41) is 10.7. The number of hydrogen-bond acceptors (Lipinski definition) is 5. The topological polar surface area (TPSA) is 55.5 Å². The van der Waals surface area contributed by atoms with Crippen LogP contribution in [-0.4, -0.2) is 39.0 Å². The monoisotopic (exact) mass is 381 g/mol. The lowest BCUT2D eigenvalue weighted by Crippen LogP contribution is -2.39. The fraction of sp³-hybridized carbons (Fsp3) is 0.353. The van der Waals surface area contributed by atoms with Crippen molar-refractivity contribution in [2.75, 3.05) is 18.0 Å². The molecule has 0 atom stereocenters. The smallest absolute Gasteiger partial charge is 0.453 e. The Morgan fingerprint density at radius 3 is 2.33 bits per heavy atom. The standard InChI is InChI=1S/C17H15F4N5O/c18-11-1-3-12(4-2-11)27-13-7-9-25(10-8-13)15-6-5-14-22-23-16(17(19,20)21)26(14)24-15/h1-6,13H,7-10H2. The van der Waals surface area contributed by atoms with E-state index in [1.54, 1.807) is 18.2 Å². The first-order valence-electron chi connectivity index (χ1n) is 8.37. The van der Waals surface area contributed by atoms with Gasteiger partial charge in [0.25, 0.3) is 5.82 Å². The molecule has 4 rings (SSSR count). The molecule has 2 aromatic heterocycles. The second-order valence-corrected chi connectivity index (χ2v) is 6.24. The largest absolute Gasteiger partial charge is 0.490 e. The van der Waals surface area contributed by atoms with Gasteiger partial charge in [-0.1, -0.05) is 0 Å². The van der Waals surface area contributed by atoms with Crippen molar-refractivity contribution < 1.29 is 22.3 Å².